The van der Waals surface area contributed by atoms with Gasteiger partial charge in [0, 0.05) is 13.1 Å². The van der Waals surface area contributed by atoms with Crippen LogP contribution in [0.25, 0.3) is 0 Å². The van der Waals surface area contributed by atoms with E-state index < -0.39 is 17.5 Å². The molecule has 0 spiro atoms. The standard InChI is InChI=1S/C16H22N2O3/c1-4-6-12-16(5-2,14(19)20)17-15(21)18(3)13-10-8-7-9-11-13/h8,10-11H,4-6,12H2,1-3H3,(H,17,21)(H,19,20). The van der Waals surface area contributed by atoms with Crippen LogP contribution >= 0.6 is 0 Å². The van der Waals surface area contributed by atoms with E-state index in [4.69, 9.17) is 0 Å². The molecule has 0 aromatic heterocycles. The Hall–Kier alpha value is -2.22. The molecule has 1 atom stereocenters. The van der Waals surface area contributed by atoms with Crippen LogP contribution in [0.1, 0.15) is 39.5 Å². The molecule has 0 aliphatic carbocycles. The van der Waals surface area contributed by atoms with Crippen LogP contribution in [-0.2, 0) is 4.79 Å². The van der Waals surface area contributed by atoms with Crippen LogP contribution in [0.15, 0.2) is 18.2 Å². The molecule has 1 aromatic rings. The summed E-state index contributed by atoms with van der Waals surface area (Å²) in [6.45, 7) is 3.77. The largest absolute Gasteiger partial charge is 0.480 e. The van der Waals surface area contributed by atoms with Gasteiger partial charge in [0.05, 0.1) is 5.69 Å². The van der Waals surface area contributed by atoms with Crippen LogP contribution in [0.4, 0.5) is 10.5 Å². The smallest absolute Gasteiger partial charge is 0.329 e. The number of rotatable bonds is 7. The molecule has 0 bridgehead atoms. The second kappa shape index (κ2) is 7.53. The Morgan fingerprint density at radius 2 is 2.10 bits per heavy atom. The van der Waals surface area contributed by atoms with Gasteiger partial charge >= 0.3 is 12.0 Å². The van der Waals surface area contributed by atoms with Crippen molar-refractivity contribution in [2.45, 2.75) is 45.1 Å². The second-order valence-corrected chi connectivity index (χ2v) is 5.02. The van der Waals surface area contributed by atoms with Crippen molar-refractivity contribution in [3.63, 3.8) is 0 Å². The van der Waals surface area contributed by atoms with Crippen LogP contribution in [0.2, 0.25) is 0 Å². The first-order chi connectivity index (χ1) is 9.96. The number of amides is 2. The quantitative estimate of drug-likeness (QED) is 0.811. The van der Waals surface area contributed by atoms with Crippen LogP contribution in [0.3, 0.4) is 0 Å². The van der Waals surface area contributed by atoms with E-state index in [2.05, 4.69) is 17.4 Å². The number of aliphatic carboxylic acids is 1. The van der Waals surface area contributed by atoms with Gasteiger partial charge in [0.15, 0.2) is 0 Å². The Bertz CT molecular complexity index is 476. The molecule has 1 aromatic carbocycles. The number of urea groups is 1. The number of nitrogens with one attached hydrogen (secondary N) is 1. The van der Waals surface area contributed by atoms with Crippen LogP contribution < -0.4 is 10.2 Å². The van der Waals surface area contributed by atoms with Gasteiger partial charge < -0.3 is 10.4 Å². The highest BCUT2D eigenvalue weighted by Gasteiger charge is 2.38. The minimum absolute atomic E-state index is 0.344. The molecule has 0 aliphatic rings. The van der Waals surface area contributed by atoms with Crippen molar-refractivity contribution >= 4 is 17.7 Å². The summed E-state index contributed by atoms with van der Waals surface area (Å²) >= 11 is 0. The molecule has 114 valence electrons. The molecule has 1 rings (SSSR count). The molecule has 5 heteroatoms. The maximum absolute atomic E-state index is 12.3. The lowest BCUT2D eigenvalue weighted by atomic mass is 9.90. The highest BCUT2D eigenvalue weighted by molar-refractivity contribution is 5.95. The minimum atomic E-state index is -1.22. The Morgan fingerprint density at radius 1 is 1.38 bits per heavy atom. The summed E-state index contributed by atoms with van der Waals surface area (Å²) in [5.41, 5.74) is -0.580. The van der Waals surface area contributed by atoms with Gasteiger partial charge in [-0.25, -0.2) is 9.59 Å². The lowest BCUT2D eigenvalue weighted by molar-refractivity contribution is -0.145. The molecule has 0 fully saturated rings. The average Bonchev–Trinajstić information content (AvgIpc) is 2.51. The topological polar surface area (TPSA) is 69.6 Å². The van der Waals surface area contributed by atoms with Crippen molar-refractivity contribution in [2.75, 3.05) is 11.9 Å². The Labute approximate surface area is 126 Å². The molecule has 0 saturated heterocycles. The average molecular weight is 290 g/mol. The summed E-state index contributed by atoms with van der Waals surface area (Å²) < 4.78 is 0. The minimum Gasteiger partial charge on any atom is -0.480 e. The molecular weight excluding hydrogens is 268 g/mol. The first-order valence-corrected chi connectivity index (χ1v) is 7.14. The van der Waals surface area contributed by atoms with Crippen molar-refractivity contribution in [1.29, 1.82) is 0 Å². The monoisotopic (exact) mass is 290 g/mol. The fourth-order valence-corrected chi connectivity index (χ4v) is 2.07. The number of carbonyl (C=O) groups excluding carboxylic acids is 1. The molecule has 1 unspecified atom stereocenters. The highest BCUT2D eigenvalue weighted by Crippen LogP contribution is 2.20. The fraction of sp³-hybridized carbons (Fsp3) is 0.500. The SMILES string of the molecule is CCCCC(CC)(NC(=O)N(C)c1cc#ccc1)C(=O)O. The van der Waals surface area contributed by atoms with Crippen molar-refractivity contribution < 1.29 is 14.7 Å². The molecule has 0 radical (unpaired) electrons. The second-order valence-electron chi connectivity index (χ2n) is 5.02. The zero-order chi connectivity index (χ0) is 15.9. The number of hydrogen-bond donors (Lipinski definition) is 2. The van der Waals surface area contributed by atoms with Crippen molar-refractivity contribution in [2.24, 2.45) is 0 Å². The molecule has 0 aliphatic heterocycles. The van der Waals surface area contributed by atoms with E-state index in [-0.39, 0.29) is 0 Å². The van der Waals surface area contributed by atoms with Crippen LogP contribution in [0, 0.1) is 12.1 Å². The van der Waals surface area contributed by atoms with Crippen LogP contribution in [0.5, 0.6) is 0 Å². The normalized spacial score (nSPS) is 12.9. The van der Waals surface area contributed by atoms with E-state index >= 15 is 0 Å². The maximum atomic E-state index is 12.3. The van der Waals surface area contributed by atoms with Gasteiger partial charge in [-0.3, -0.25) is 4.90 Å². The number of carboxylic acid groups (broad SMARTS) is 1. The first kappa shape index (κ1) is 16.8. The Kier molecular flexibility index (Phi) is 6.04. The number of hydrogen-bond acceptors (Lipinski definition) is 2. The number of carboxylic acids is 1. The van der Waals surface area contributed by atoms with E-state index in [1.54, 1.807) is 32.2 Å². The molecular formula is C16H22N2O3. The van der Waals surface area contributed by atoms with Crippen molar-refractivity contribution in [1.82, 2.24) is 5.32 Å². The number of nitrogens with zero attached hydrogens (tertiary/aromatic N) is 1. The zero-order valence-corrected chi connectivity index (χ0v) is 12.8. The maximum Gasteiger partial charge on any atom is 0.329 e. The predicted molar refractivity (Wildman–Crippen MR) is 81.2 cm³/mol. The third kappa shape index (κ3) is 4.12. The van der Waals surface area contributed by atoms with Gasteiger partial charge in [0.1, 0.15) is 5.54 Å². The third-order valence-corrected chi connectivity index (χ3v) is 3.65. The van der Waals surface area contributed by atoms with E-state index in [0.717, 1.165) is 12.8 Å². The Morgan fingerprint density at radius 3 is 2.57 bits per heavy atom. The summed E-state index contributed by atoms with van der Waals surface area (Å²) in [5.74, 6) is -0.992. The molecule has 21 heavy (non-hydrogen) atoms. The van der Waals surface area contributed by atoms with Gasteiger partial charge in [-0.05, 0) is 25.0 Å². The lowest BCUT2D eigenvalue weighted by Gasteiger charge is -2.31. The van der Waals surface area contributed by atoms with E-state index in [9.17, 15) is 14.7 Å². The Balaban J connectivity index is 2.87. The van der Waals surface area contributed by atoms with Crippen molar-refractivity contribution in [3.8, 4) is 0 Å². The number of carbonyl (C=O) groups is 2. The van der Waals surface area contributed by atoms with Gasteiger partial charge in [0.2, 0.25) is 0 Å². The number of unbranched alkanes of at least 4 members (excludes halogenated alkanes) is 1. The summed E-state index contributed by atoms with van der Waals surface area (Å²) in [6.07, 6.45) is 2.39. The summed E-state index contributed by atoms with van der Waals surface area (Å²) in [6, 6.07) is 10.1. The third-order valence-electron chi connectivity index (χ3n) is 3.65. The molecule has 5 nitrogen and oxygen atoms in total. The number of anilines is 1. The zero-order valence-electron chi connectivity index (χ0n) is 12.8. The van der Waals surface area contributed by atoms with E-state index in [0.29, 0.717) is 18.5 Å². The summed E-state index contributed by atoms with van der Waals surface area (Å²) in [4.78, 5) is 25.3. The molecule has 2 N–H and O–H groups in total. The van der Waals surface area contributed by atoms with Gasteiger partial charge in [-0.15, -0.1) is 0 Å². The van der Waals surface area contributed by atoms with Gasteiger partial charge in [-0.2, -0.15) is 0 Å². The molecule has 2 amide bonds. The lowest BCUT2D eigenvalue weighted by Crippen LogP contribution is -2.57. The summed E-state index contributed by atoms with van der Waals surface area (Å²) in [5, 5.41) is 12.2. The van der Waals surface area contributed by atoms with E-state index in [1.807, 2.05) is 6.92 Å². The predicted octanol–water partition coefficient (Wildman–Crippen LogP) is 2.86. The highest BCUT2D eigenvalue weighted by atomic mass is 16.4. The van der Waals surface area contributed by atoms with Crippen molar-refractivity contribution in [3.05, 3.63) is 30.3 Å². The summed E-state index contributed by atoms with van der Waals surface area (Å²) in [7, 11) is 1.60. The molecule has 0 saturated carbocycles. The first-order valence-electron chi connectivity index (χ1n) is 7.14. The van der Waals surface area contributed by atoms with E-state index in [1.165, 1.54) is 4.90 Å². The fourth-order valence-electron chi connectivity index (χ4n) is 2.07. The van der Waals surface area contributed by atoms with Crippen LogP contribution in [-0.4, -0.2) is 29.7 Å². The molecule has 0 heterocycles. The van der Waals surface area contributed by atoms with Gasteiger partial charge in [-0.1, -0.05) is 38.8 Å². The van der Waals surface area contributed by atoms with Gasteiger partial charge in [0.25, 0.3) is 0 Å².